The normalized spacial score (nSPS) is 11.0. The van der Waals surface area contributed by atoms with Crippen LogP contribution < -0.4 is 4.74 Å². The van der Waals surface area contributed by atoms with Crippen molar-refractivity contribution in [2.45, 2.75) is 13.5 Å². The molecule has 0 spiro atoms. The Labute approximate surface area is 108 Å². The van der Waals surface area contributed by atoms with Gasteiger partial charge in [0.05, 0.1) is 6.61 Å². The number of hydrogen-bond acceptors (Lipinski definition) is 4. The SMILES string of the molecule is Cc1cccc(Oc2nc3sccn3c2CO)c1. The summed E-state index contributed by atoms with van der Waals surface area (Å²) in [6, 6.07) is 7.75. The van der Waals surface area contributed by atoms with Crippen LogP contribution in [-0.4, -0.2) is 14.5 Å². The van der Waals surface area contributed by atoms with Crippen molar-refractivity contribution in [3.63, 3.8) is 0 Å². The summed E-state index contributed by atoms with van der Waals surface area (Å²) in [5.41, 5.74) is 1.80. The van der Waals surface area contributed by atoms with Crippen LogP contribution in [-0.2, 0) is 6.61 Å². The van der Waals surface area contributed by atoms with Gasteiger partial charge in [0.1, 0.15) is 11.4 Å². The third kappa shape index (κ3) is 1.87. The van der Waals surface area contributed by atoms with Crippen LogP contribution in [0.15, 0.2) is 35.8 Å². The highest BCUT2D eigenvalue weighted by Gasteiger charge is 2.14. The maximum Gasteiger partial charge on any atom is 0.244 e. The van der Waals surface area contributed by atoms with Crippen LogP contribution in [0.5, 0.6) is 11.6 Å². The fraction of sp³-hybridized carbons (Fsp3) is 0.154. The van der Waals surface area contributed by atoms with Crippen molar-refractivity contribution in [2.24, 2.45) is 0 Å². The van der Waals surface area contributed by atoms with Gasteiger partial charge in [-0.25, -0.2) is 0 Å². The number of aryl methyl sites for hydroxylation is 1. The number of fused-ring (bicyclic) bond motifs is 1. The standard InChI is InChI=1S/C13H12N2O2S/c1-9-3-2-4-10(7-9)17-12-11(8-16)15-5-6-18-13(15)14-12/h2-7,16H,8H2,1H3. The zero-order valence-electron chi connectivity index (χ0n) is 9.83. The van der Waals surface area contributed by atoms with E-state index >= 15 is 0 Å². The lowest BCUT2D eigenvalue weighted by atomic mass is 10.2. The average molecular weight is 260 g/mol. The molecule has 0 saturated heterocycles. The molecule has 92 valence electrons. The van der Waals surface area contributed by atoms with Crippen LogP contribution in [0.25, 0.3) is 4.96 Å². The molecule has 4 nitrogen and oxygen atoms in total. The van der Waals surface area contributed by atoms with Crippen molar-refractivity contribution >= 4 is 16.3 Å². The van der Waals surface area contributed by atoms with Crippen LogP contribution >= 0.6 is 11.3 Å². The Hall–Kier alpha value is -1.85. The lowest BCUT2D eigenvalue weighted by Gasteiger charge is -2.04. The largest absolute Gasteiger partial charge is 0.437 e. The minimum Gasteiger partial charge on any atom is -0.437 e. The molecule has 0 amide bonds. The second-order valence-corrected chi connectivity index (χ2v) is 4.87. The number of benzene rings is 1. The maximum absolute atomic E-state index is 9.42. The van der Waals surface area contributed by atoms with Crippen LogP contribution in [0.2, 0.25) is 0 Å². The van der Waals surface area contributed by atoms with Gasteiger partial charge in [-0.15, -0.1) is 11.3 Å². The number of aromatic nitrogens is 2. The second kappa shape index (κ2) is 4.44. The molecule has 0 radical (unpaired) electrons. The molecule has 0 aliphatic carbocycles. The van der Waals surface area contributed by atoms with E-state index in [0.717, 1.165) is 16.3 Å². The highest BCUT2D eigenvalue weighted by atomic mass is 32.1. The van der Waals surface area contributed by atoms with E-state index in [-0.39, 0.29) is 6.61 Å². The molecule has 0 fully saturated rings. The van der Waals surface area contributed by atoms with E-state index in [0.29, 0.717) is 11.6 Å². The monoisotopic (exact) mass is 260 g/mol. The Balaban J connectivity index is 2.01. The molecular formula is C13H12N2O2S. The molecule has 0 aliphatic heterocycles. The molecule has 0 bridgehead atoms. The first-order valence-electron chi connectivity index (χ1n) is 5.58. The summed E-state index contributed by atoms with van der Waals surface area (Å²) < 4.78 is 7.58. The summed E-state index contributed by atoms with van der Waals surface area (Å²) >= 11 is 1.51. The molecule has 1 aromatic carbocycles. The summed E-state index contributed by atoms with van der Waals surface area (Å²) in [6.07, 6.45) is 1.88. The fourth-order valence-electron chi connectivity index (χ4n) is 1.83. The fourth-order valence-corrected chi connectivity index (χ4v) is 2.55. The van der Waals surface area contributed by atoms with Gasteiger partial charge in [0.25, 0.3) is 0 Å². The summed E-state index contributed by atoms with van der Waals surface area (Å²) in [7, 11) is 0. The van der Waals surface area contributed by atoms with Gasteiger partial charge in [-0.05, 0) is 24.6 Å². The molecular weight excluding hydrogens is 248 g/mol. The Morgan fingerprint density at radius 1 is 1.44 bits per heavy atom. The molecule has 1 N–H and O–H groups in total. The van der Waals surface area contributed by atoms with E-state index in [2.05, 4.69) is 4.98 Å². The van der Waals surface area contributed by atoms with Crippen molar-refractivity contribution in [3.8, 4) is 11.6 Å². The molecule has 2 aromatic heterocycles. The molecule has 0 saturated carbocycles. The first kappa shape index (κ1) is 11.3. The van der Waals surface area contributed by atoms with Crippen molar-refractivity contribution in [2.75, 3.05) is 0 Å². The number of aliphatic hydroxyl groups excluding tert-OH is 1. The Morgan fingerprint density at radius 2 is 2.33 bits per heavy atom. The van der Waals surface area contributed by atoms with Gasteiger partial charge in [-0.1, -0.05) is 12.1 Å². The predicted octanol–water partition coefficient (Wildman–Crippen LogP) is 2.99. The molecule has 0 atom stereocenters. The number of thiazole rings is 1. The number of imidazole rings is 1. The molecule has 2 heterocycles. The Kier molecular flexibility index (Phi) is 2.77. The van der Waals surface area contributed by atoms with E-state index in [1.54, 1.807) is 0 Å². The predicted molar refractivity (Wildman–Crippen MR) is 70.2 cm³/mol. The number of hydrogen-bond donors (Lipinski definition) is 1. The van der Waals surface area contributed by atoms with Crippen molar-refractivity contribution in [3.05, 3.63) is 47.1 Å². The molecule has 0 unspecified atom stereocenters. The summed E-state index contributed by atoms with van der Waals surface area (Å²) in [6.45, 7) is 1.91. The zero-order chi connectivity index (χ0) is 12.5. The summed E-state index contributed by atoms with van der Waals surface area (Å²) in [5, 5.41) is 11.3. The quantitative estimate of drug-likeness (QED) is 0.787. The number of aliphatic hydroxyl groups is 1. The Bertz CT molecular complexity index is 687. The molecule has 3 rings (SSSR count). The van der Waals surface area contributed by atoms with E-state index in [1.807, 2.05) is 47.2 Å². The second-order valence-electron chi connectivity index (χ2n) is 4.00. The van der Waals surface area contributed by atoms with Crippen molar-refractivity contribution < 1.29 is 9.84 Å². The highest BCUT2D eigenvalue weighted by molar-refractivity contribution is 7.15. The smallest absolute Gasteiger partial charge is 0.244 e. The van der Waals surface area contributed by atoms with Gasteiger partial charge in [0, 0.05) is 11.6 Å². The lowest BCUT2D eigenvalue weighted by molar-refractivity contribution is 0.270. The van der Waals surface area contributed by atoms with Crippen LogP contribution in [0.4, 0.5) is 0 Å². The lowest BCUT2D eigenvalue weighted by Crippen LogP contribution is -1.93. The van der Waals surface area contributed by atoms with Gasteiger partial charge < -0.3 is 9.84 Å². The summed E-state index contributed by atoms with van der Waals surface area (Å²) in [5.74, 6) is 1.20. The van der Waals surface area contributed by atoms with E-state index in [4.69, 9.17) is 4.74 Å². The van der Waals surface area contributed by atoms with Gasteiger partial charge in [0.2, 0.25) is 5.88 Å². The molecule has 5 heteroatoms. The van der Waals surface area contributed by atoms with Gasteiger partial charge >= 0.3 is 0 Å². The first-order valence-corrected chi connectivity index (χ1v) is 6.45. The summed E-state index contributed by atoms with van der Waals surface area (Å²) in [4.78, 5) is 5.19. The third-order valence-electron chi connectivity index (χ3n) is 2.68. The first-order chi connectivity index (χ1) is 8.78. The van der Waals surface area contributed by atoms with Crippen molar-refractivity contribution in [1.29, 1.82) is 0 Å². The number of nitrogens with zero attached hydrogens (tertiary/aromatic N) is 2. The van der Waals surface area contributed by atoms with Crippen LogP contribution in [0.3, 0.4) is 0 Å². The topological polar surface area (TPSA) is 46.8 Å². The van der Waals surface area contributed by atoms with Gasteiger partial charge in [-0.2, -0.15) is 4.98 Å². The van der Waals surface area contributed by atoms with E-state index < -0.39 is 0 Å². The highest BCUT2D eigenvalue weighted by Crippen LogP contribution is 2.28. The third-order valence-corrected chi connectivity index (χ3v) is 3.43. The molecule has 18 heavy (non-hydrogen) atoms. The average Bonchev–Trinajstić information content (AvgIpc) is 2.89. The Morgan fingerprint density at radius 3 is 3.11 bits per heavy atom. The number of ether oxygens (including phenoxy) is 1. The maximum atomic E-state index is 9.42. The van der Waals surface area contributed by atoms with E-state index in [1.165, 1.54) is 11.3 Å². The van der Waals surface area contributed by atoms with Crippen LogP contribution in [0, 0.1) is 6.92 Å². The van der Waals surface area contributed by atoms with Gasteiger partial charge in [-0.3, -0.25) is 4.40 Å². The minimum atomic E-state index is -0.0982. The molecule has 0 aliphatic rings. The minimum absolute atomic E-state index is 0.0982. The van der Waals surface area contributed by atoms with Crippen molar-refractivity contribution in [1.82, 2.24) is 9.38 Å². The number of rotatable bonds is 3. The van der Waals surface area contributed by atoms with Gasteiger partial charge in [0.15, 0.2) is 4.96 Å². The zero-order valence-corrected chi connectivity index (χ0v) is 10.6. The van der Waals surface area contributed by atoms with Crippen LogP contribution in [0.1, 0.15) is 11.3 Å². The van der Waals surface area contributed by atoms with E-state index in [9.17, 15) is 5.11 Å². The molecule has 3 aromatic rings.